The second-order valence-corrected chi connectivity index (χ2v) is 16.9. The fourth-order valence-corrected chi connectivity index (χ4v) is 8.16. The van der Waals surface area contributed by atoms with Gasteiger partial charge in [0.1, 0.15) is 22.7 Å². The Kier molecular flexibility index (Phi) is 11.7. The highest BCUT2D eigenvalue weighted by atomic mass is 35.5. The summed E-state index contributed by atoms with van der Waals surface area (Å²) in [7, 11) is 0. The molecule has 0 unspecified atom stereocenters. The van der Waals surface area contributed by atoms with Gasteiger partial charge in [0.15, 0.2) is 0 Å². The number of benzene rings is 3. The summed E-state index contributed by atoms with van der Waals surface area (Å²) in [5, 5.41) is 1.21. The summed E-state index contributed by atoms with van der Waals surface area (Å²) in [6, 6.07) is 25.2. The number of aryl methyl sites for hydroxylation is 1. The molecule has 0 aliphatic carbocycles. The van der Waals surface area contributed by atoms with E-state index >= 15 is 4.79 Å². The topological polar surface area (TPSA) is 78.3 Å². The Labute approximate surface area is 336 Å². The SMILES string of the molecule is CCOc1cc(C(C)(C)C)ncc1C1=N[C@@](C)(c2ccc(Cl)cc2)[C@@](C)(c2ccc(Cl)cc2)N1C(=O)N1CCC(CC(=O)N(CC)c2ccc(C)cc2)CC1. The number of likely N-dealkylation sites (tertiary alicyclic amines) is 1. The molecule has 1 fully saturated rings. The van der Waals surface area contributed by atoms with Gasteiger partial charge >= 0.3 is 6.03 Å². The quantitative estimate of drug-likeness (QED) is 0.169. The van der Waals surface area contributed by atoms with Gasteiger partial charge < -0.3 is 14.5 Å². The van der Waals surface area contributed by atoms with E-state index < -0.39 is 11.1 Å². The summed E-state index contributed by atoms with van der Waals surface area (Å²) in [5.41, 5.74) is 3.10. The molecule has 2 aliphatic rings. The zero-order valence-corrected chi connectivity index (χ0v) is 34.8. The number of pyridine rings is 1. The molecule has 8 nitrogen and oxygen atoms in total. The van der Waals surface area contributed by atoms with Gasteiger partial charge in [0, 0.05) is 65.2 Å². The van der Waals surface area contributed by atoms with Crippen LogP contribution in [0.5, 0.6) is 5.75 Å². The molecule has 0 bridgehead atoms. The van der Waals surface area contributed by atoms with E-state index in [4.69, 9.17) is 37.9 Å². The lowest BCUT2D eigenvalue weighted by Gasteiger charge is -2.47. The lowest BCUT2D eigenvalue weighted by atomic mass is 9.71. The molecule has 3 aromatic carbocycles. The van der Waals surface area contributed by atoms with Gasteiger partial charge in [-0.25, -0.2) is 4.79 Å². The molecule has 6 rings (SSSR count). The molecule has 55 heavy (non-hydrogen) atoms. The van der Waals surface area contributed by atoms with Crippen LogP contribution in [0.4, 0.5) is 10.5 Å². The van der Waals surface area contributed by atoms with Gasteiger partial charge in [-0.05, 0) is 101 Å². The van der Waals surface area contributed by atoms with Gasteiger partial charge in [0.05, 0.1) is 12.2 Å². The first-order valence-corrected chi connectivity index (χ1v) is 20.1. The van der Waals surface area contributed by atoms with E-state index in [0.717, 1.165) is 28.1 Å². The minimum Gasteiger partial charge on any atom is -0.493 e. The molecule has 3 heterocycles. The molecule has 2 aliphatic heterocycles. The molecule has 1 saturated heterocycles. The number of hydrogen-bond acceptors (Lipinski definition) is 5. The van der Waals surface area contributed by atoms with E-state index in [1.54, 1.807) is 6.20 Å². The second-order valence-electron chi connectivity index (χ2n) is 16.1. The molecule has 2 atom stereocenters. The van der Waals surface area contributed by atoms with Crippen LogP contribution in [0, 0.1) is 12.8 Å². The molecule has 0 spiro atoms. The summed E-state index contributed by atoms with van der Waals surface area (Å²) in [4.78, 5) is 45.1. The van der Waals surface area contributed by atoms with Crippen molar-refractivity contribution in [3.63, 3.8) is 0 Å². The second kappa shape index (κ2) is 16.0. The number of aliphatic imine (C=N–C) groups is 1. The zero-order chi connectivity index (χ0) is 39.7. The monoisotopic (exact) mass is 781 g/mol. The Hall–Kier alpha value is -4.40. The van der Waals surface area contributed by atoms with Crippen molar-refractivity contribution in [1.29, 1.82) is 0 Å². The van der Waals surface area contributed by atoms with Crippen LogP contribution in [-0.4, -0.2) is 58.8 Å². The van der Waals surface area contributed by atoms with Gasteiger partial charge in [0.25, 0.3) is 0 Å². The smallest absolute Gasteiger partial charge is 0.326 e. The molecule has 4 aromatic rings. The average Bonchev–Trinajstić information content (AvgIpc) is 3.40. The molecule has 290 valence electrons. The maximum absolute atomic E-state index is 15.4. The van der Waals surface area contributed by atoms with Gasteiger partial charge in [-0.15, -0.1) is 0 Å². The number of urea groups is 1. The van der Waals surface area contributed by atoms with Crippen LogP contribution in [0.3, 0.4) is 0 Å². The van der Waals surface area contributed by atoms with Crippen molar-refractivity contribution < 1.29 is 14.3 Å². The first-order valence-electron chi connectivity index (χ1n) is 19.3. The number of anilines is 1. The summed E-state index contributed by atoms with van der Waals surface area (Å²) in [6.07, 6.45) is 3.65. The van der Waals surface area contributed by atoms with Crippen molar-refractivity contribution in [1.82, 2.24) is 14.8 Å². The van der Waals surface area contributed by atoms with Gasteiger partial charge in [-0.1, -0.05) is 85.9 Å². The van der Waals surface area contributed by atoms with Gasteiger partial charge in [0.2, 0.25) is 5.91 Å². The minimum atomic E-state index is -1.04. The van der Waals surface area contributed by atoms with E-state index in [0.29, 0.717) is 72.7 Å². The fourth-order valence-electron chi connectivity index (χ4n) is 7.91. The Morgan fingerprint density at radius 1 is 0.891 bits per heavy atom. The van der Waals surface area contributed by atoms with Crippen LogP contribution in [0.25, 0.3) is 0 Å². The summed E-state index contributed by atoms with van der Waals surface area (Å²) < 4.78 is 6.31. The molecule has 0 saturated carbocycles. The number of ether oxygens (including phenoxy) is 1. The van der Waals surface area contributed by atoms with Crippen molar-refractivity contribution in [2.75, 3.05) is 31.1 Å². The highest BCUT2D eigenvalue weighted by Gasteiger charge is 2.60. The first-order chi connectivity index (χ1) is 26.1. The fraction of sp³-hybridized carbons (Fsp3) is 0.422. The Morgan fingerprint density at radius 2 is 1.47 bits per heavy atom. The van der Waals surface area contributed by atoms with Crippen LogP contribution in [0.1, 0.15) is 95.7 Å². The third-order valence-electron chi connectivity index (χ3n) is 11.4. The zero-order valence-electron chi connectivity index (χ0n) is 33.3. The number of carbonyl (C=O) groups is 2. The van der Waals surface area contributed by atoms with Crippen molar-refractivity contribution in [2.24, 2.45) is 10.9 Å². The molecule has 0 radical (unpaired) electrons. The number of piperidine rings is 1. The maximum Gasteiger partial charge on any atom is 0.326 e. The highest BCUT2D eigenvalue weighted by Crippen LogP contribution is 2.54. The predicted molar refractivity (Wildman–Crippen MR) is 224 cm³/mol. The summed E-state index contributed by atoms with van der Waals surface area (Å²) in [5.74, 6) is 1.35. The van der Waals surface area contributed by atoms with E-state index in [1.807, 2.05) is 114 Å². The van der Waals surface area contributed by atoms with Crippen LogP contribution >= 0.6 is 23.2 Å². The van der Waals surface area contributed by atoms with Crippen LogP contribution in [0.2, 0.25) is 10.0 Å². The first kappa shape index (κ1) is 40.3. The Balaban J connectivity index is 1.40. The van der Waals surface area contributed by atoms with Crippen molar-refractivity contribution in [2.45, 2.75) is 91.1 Å². The molecular formula is C45H53Cl2N5O3. The summed E-state index contributed by atoms with van der Waals surface area (Å²) in [6.45, 7) is 18.5. The third kappa shape index (κ3) is 7.86. The van der Waals surface area contributed by atoms with Crippen molar-refractivity contribution in [3.8, 4) is 5.75 Å². The van der Waals surface area contributed by atoms with E-state index in [1.165, 1.54) is 0 Å². The number of rotatable bonds is 9. The van der Waals surface area contributed by atoms with Gasteiger partial charge in [-0.2, -0.15) is 0 Å². The summed E-state index contributed by atoms with van der Waals surface area (Å²) >= 11 is 12.9. The average molecular weight is 783 g/mol. The van der Waals surface area contributed by atoms with Crippen molar-refractivity contribution in [3.05, 3.63) is 123 Å². The van der Waals surface area contributed by atoms with Gasteiger partial charge in [-0.3, -0.25) is 19.7 Å². The number of amides is 3. The normalized spacial score (nSPS) is 20.4. The number of carbonyl (C=O) groups excluding carboxylic acids is 2. The van der Waals surface area contributed by atoms with Crippen LogP contribution < -0.4 is 9.64 Å². The molecule has 0 N–H and O–H groups in total. The molecule has 3 amide bonds. The lowest BCUT2D eigenvalue weighted by molar-refractivity contribution is -0.119. The number of hydrogen-bond donors (Lipinski definition) is 0. The van der Waals surface area contributed by atoms with E-state index in [2.05, 4.69) is 34.6 Å². The van der Waals surface area contributed by atoms with Crippen LogP contribution in [0.15, 0.2) is 90.1 Å². The molecule has 10 heteroatoms. The predicted octanol–water partition coefficient (Wildman–Crippen LogP) is 10.6. The Bertz CT molecular complexity index is 2040. The molecule has 1 aromatic heterocycles. The molecular weight excluding hydrogens is 729 g/mol. The largest absolute Gasteiger partial charge is 0.493 e. The van der Waals surface area contributed by atoms with E-state index in [9.17, 15) is 4.79 Å². The standard InChI is InChI=1S/C45H53Cl2N5O3/c1-9-51(36-21-11-30(3)12-22-36)40(53)27-31-23-25-50(26-24-31)42(54)52-41(37-29-48-39(43(4,5)6)28-38(37)55-10-2)49-44(7,32-13-17-34(46)18-14-32)45(52,8)33-15-19-35(47)20-16-33/h11-22,28-29,31H,9-10,23-27H2,1-8H3/t44-,45+/m0/s1. The van der Waals surface area contributed by atoms with Crippen molar-refractivity contribution >= 4 is 46.7 Å². The van der Waals surface area contributed by atoms with E-state index in [-0.39, 0.29) is 23.3 Å². The number of aromatic nitrogens is 1. The number of halogens is 2. The maximum atomic E-state index is 15.4. The number of nitrogens with zero attached hydrogens (tertiary/aromatic N) is 5. The third-order valence-corrected chi connectivity index (χ3v) is 11.9. The Morgan fingerprint density at radius 3 is 2.02 bits per heavy atom. The lowest BCUT2D eigenvalue weighted by Crippen LogP contribution is -2.59. The van der Waals surface area contributed by atoms with Crippen LogP contribution in [-0.2, 0) is 21.3 Å². The highest BCUT2D eigenvalue weighted by molar-refractivity contribution is 6.30. The minimum absolute atomic E-state index is 0.105. The number of amidine groups is 1.